The van der Waals surface area contributed by atoms with Crippen LogP contribution in [0.25, 0.3) is 0 Å². The Morgan fingerprint density at radius 1 is 1.29 bits per heavy atom. The second kappa shape index (κ2) is 5.74. The normalized spacial score (nSPS) is 26.7. The quantitative estimate of drug-likeness (QED) is 0.901. The van der Waals surface area contributed by atoms with Gasteiger partial charge in [-0.25, -0.2) is 4.39 Å². The van der Waals surface area contributed by atoms with Gasteiger partial charge in [0.05, 0.1) is 15.7 Å². The lowest BCUT2D eigenvalue weighted by atomic mass is 9.89. The minimum Gasteiger partial charge on any atom is -0.330 e. The average molecular weight is 255 g/mol. The van der Waals surface area contributed by atoms with E-state index in [1.165, 1.54) is 6.07 Å². The van der Waals surface area contributed by atoms with E-state index < -0.39 is 10.8 Å². The van der Waals surface area contributed by atoms with Gasteiger partial charge in [0.25, 0.3) is 0 Å². The lowest BCUT2D eigenvalue weighted by Crippen LogP contribution is -2.34. The highest BCUT2D eigenvalue weighted by atomic mass is 32.2. The molecule has 3 unspecified atom stereocenters. The van der Waals surface area contributed by atoms with E-state index in [0.717, 1.165) is 25.7 Å². The highest BCUT2D eigenvalue weighted by Gasteiger charge is 2.30. The summed E-state index contributed by atoms with van der Waals surface area (Å²) >= 11 is 0. The predicted molar refractivity (Wildman–Crippen MR) is 67.6 cm³/mol. The van der Waals surface area contributed by atoms with Gasteiger partial charge in [0, 0.05) is 5.25 Å². The van der Waals surface area contributed by atoms with Crippen molar-refractivity contribution < 1.29 is 8.60 Å². The molecule has 1 fully saturated rings. The Bertz CT molecular complexity index is 410. The lowest BCUT2D eigenvalue weighted by molar-refractivity contribution is 0.371. The Morgan fingerprint density at radius 2 is 2.00 bits per heavy atom. The maximum Gasteiger partial charge on any atom is 0.139 e. The maximum absolute atomic E-state index is 13.6. The summed E-state index contributed by atoms with van der Waals surface area (Å²) in [6.45, 7) is 0.546. The van der Waals surface area contributed by atoms with Gasteiger partial charge in [-0.05, 0) is 37.4 Å². The highest BCUT2D eigenvalue weighted by Crippen LogP contribution is 2.31. The van der Waals surface area contributed by atoms with E-state index in [2.05, 4.69) is 0 Å². The summed E-state index contributed by atoms with van der Waals surface area (Å²) in [5.41, 5.74) is 5.72. The maximum atomic E-state index is 13.6. The molecule has 2 rings (SSSR count). The second-order valence-electron chi connectivity index (χ2n) is 4.55. The Morgan fingerprint density at radius 3 is 2.71 bits per heavy atom. The van der Waals surface area contributed by atoms with Gasteiger partial charge in [-0.15, -0.1) is 0 Å². The van der Waals surface area contributed by atoms with Crippen LogP contribution in [0.15, 0.2) is 29.2 Å². The van der Waals surface area contributed by atoms with Crippen molar-refractivity contribution in [3.63, 3.8) is 0 Å². The van der Waals surface area contributed by atoms with Crippen molar-refractivity contribution in [3.05, 3.63) is 30.1 Å². The van der Waals surface area contributed by atoms with Crippen LogP contribution in [0.3, 0.4) is 0 Å². The van der Waals surface area contributed by atoms with Gasteiger partial charge in [0.15, 0.2) is 0 Å². The number of halogens is 1. The van der Waals surface area contributed by atoms with E-state index in [1.54, 1.807) is 18.2 Å². The number of rotatable bonds is 3. The van der Waals surface area contributed by atoms with Crippen LogP contribution in [0.4, 0.5) is 4.39 Å². The van der Waals surface area contributed by atoms with Crippen molar-refractivity contribution in [1.29, 1.82) is 0 Å². The van der Waals surface area contributed by atoms with Gasteiger partial charge >= 0.3 is 0 Å². The van der Waals surface area contributed by atoms with E-state index >= 15 is 0 Å². The Labute approximate surface area is 104 Å². The third-order valence-corrected chi connectivity index (χ3v) is 5.41. The van der Waals surface area contributed by atoms with E-state index in [1.807, 2.05) is 0 Å². The molecular formula is C13H18FNOS. The van der Waals surface area contributed by atoms with Crippen molar-refractivity contribution in [2.45, 2.75) is 35.8 Å². The summed E-state index contributed by atoms with van der Waals surface area (Å²) in [6.07, 6.45) is 4.12. The summed E-state index contributed by atoms with van der Waals surface area (Å²) in [6, 6.07) is 6.34. The fourth-order valence-electron chi connectivity index (χ4n) is 2.50. The molecule has 0 aromatic heterocycles. The average Bonchev–Trinajstić information content (AvgIpc) is 2.38. The van der Waals surface area contributed by atoms with Gasteiger partial charge in [-0.3, -0.25) is 4.21 Å². The molecule has 0 saturated heterocycles. The van der Waals surface area contributed by atoms with E-state index in [4.69, 9.17) is 5.73 Å². The molecule has 0 amide bonds. The number of hydrogen-bond acceptors (Lipinski definition) is 2. The zero-order valence-corrected chi connectivity index (χ0v) is 10.6. The molecule has 0 spiro atoms. The summed E-state index contributed by atoms with van der Waals surface area (Å²) in [7, 11) is -1.27. The van der Waals surface area contributed by atoms with Crippen LogP contribution in [0.2, 0.25) is 0 Å². The van der Waals surface area contributed by atoms with Crippen molar-refractivity contribution in [2.75, 3.05) is 6.54 Å². The molecule has 1 saturated carbocycles. The third kappa shape index (κ3) is 2.75. The first kappa shape index (κ1) is 12.7. The SMILES string of the molecule is NCC1CCCCC1S(=O)c1ccccc1F. The van der Waals surface area contributed by atoms with Crippen LogP contribution in [-0.4, -0.2) is 16.0 Å². The Kier molecular flexibility index (Phi) is 4.29. The summed E-state index contributed by atoms with van der Waals surface area (Å²) in [5, 5.41) is 0.0191. The Balaban J connectivity index is 2.21. The molecule has 0 radical (unpaired) electrons. The molecule has 1 aromatic carbocycles. The molecule has 94 valence electrons. The van der Waals surface area contributed by atoms with Crippen LogP contribution in [0.1, 0.15) is 25.7 Å². The summed E-state index contributed by atoms with van der Waals surface area (Å²) in [4.78, 5) is 0.331. The molecule has 3 atom stereocenters. The lowest BCUT2D eigenvalue weighted by Gasteiger charge is -2.29. The molecule has 0 bridgehead atoms. The van der Waals surface area contributed by atoms with Crippen molar-refractivity contribution in [1.82, 2.24) is 0 Å². The first-order valence-corrected chi connectivity index (χ1v) is 7.30. The zero-order valence-electron chi connectivity index (χ0n) is 9.77. The van der Waals surface area contributed by atoms with Crippen LogP contribution in [0, 0.1) is 11.7 Å². The minimum atomic E-state index is -1.27. The monoisotopic (exact) mass is 255 g/mol. The molecule has 1 aromatic rings. The standard InChI is InChI=1S/C13H18FNOS/c14-11-6-2-4-8-13(11)17(16)12-7-3-1-5-10(12)9-15/h2,4,6,8,10,12H,1,3,5,7,9,15H2. The van der Waals surface area contributed by atoms with Gasteiger partial charge < -0.3 is 5.73 Å². The van der Waals surface area contributed by atoms with Crippen molar-refractivity contribution in [3.8, 4) is 0 Å². The molecule has 1 aliphatic rings. The van der Waals surface area contributed by atoms with Crippen molar-refractivity contribution in [2.24, 2.45) is 11.7 Å². The van der Waals surface area contributed by atoms with Crippen LogP contribution in [0.5, 0.6) is 0 Å². The molecule has 2 nitrogen and oxygen atoms in total. The van der Waals surface area contributed by atoms with Crippen LogP contribution < -0.4 is 5.73 Å². The van der Waals surface area contributed by atoms with E-state index in [9.17, 15) is 8.60 Å². The Hall–Kier alpha value is -0.740. The van der Waals surface area contributed by atoms with Gasteiger partial charge in [-0.1, -0.05) is 25.0 Å². The zero-order chi connectivity index (χ0) is 12.3. The number of hydrogen-bond donors (Lipinski definition) is 1. The second-order valence-corrected chi connectivity index (χ2v) is 6.19. The van der Waals surface area contributed by atoms with Gasteiger partial charge in [-0.2, -0.15) is 0 Å². The first-order chi connectivity index (χ1) is 8.24. The van der Waals surface area contributed by atoms with Crippen LogP contribution >= 0.6 is 0 Å². The number of nitrogens with two attached hydrogens (primary N) is 1. The highest BCUT2D eigenvalue weighted by molar-refractivity contribution is 7.85. The van der Waals surface area contributed by atoms with E-state index in [-0.39, 0.29) is 17.0 Å². The fourth-order valence-corrected chi connectivity index (χ4v) is 4.27. The molecule has 17 heavy (non-hydrogen) atoms. The molecular weight excluding hydrogens is 237 g/mol. The third-order valence-electron chi connectivity index (χ3n) is 3.47. The molecule has 2 N–H and O–H groups in total. The molecule has 0 heterocycles. The van der Waals surface area contributed by atoms with Gasteiger partial charge in [0.1, 0.15) is 5.82 Å². The van der Waals surface area contributed by atoms with E-state index in [0.29, 0.717) is 11.4 Å². The largest absolute Gasteiger partial charge is 0.330 e. The fraction of sp³-hybridized carbons (Fsp3) is 0.538. The minimum absolute atomic E-state index is 0.0191. The topological polar surface area (TPSA) is 43.1 Å². The van der Waals surface area contributed by atoms with Gasteiger partial charge in [0.2, 0.25) is 0 Å². The first-order valence-electron chi connectivity index (χ1n) is 6.09. The predicted octanol–water partition coefficient (Wildman–Crippen LogP) is 2.45. The van der Waals surface area contributed by atoms with Crippen LogP contribution in [-0.2, 0) is 10.8 Å². The molecule has 4 heteroatoms. The molecule has 1 aliphatic carbocycles. The summed E-state index contributed by atoms with van der Waals surface area (Å²) < 4.78 is 26.0. The smallest absolute Gasteiger partial charge is 0.139 e. The molecule has 0 aliphatic heterocycles. The van der Waals surface area contributed by atoms with Crippen molar-refractivity contribution >= 4 is 10.8 Å². The summed E-state index contributed by atoms with van der Waals surface area (Å²) in [5.74, 6) is -0.101. The number of benzene rings is 1.